The Balaban J connectivity index is 1.69. The predicted octanol–water partition coefficient (Wildman–Crippen LogP) is 3.74. The van der Waals surface area contributed by atoms with E-state index < -0.39 is 0 Å². The zero-order chi connectivity index (χ0) is 21.8. The number of thioether (sulfide) groups is 1. The second-order valence-electron chi connectivity index (χ2n) is 6.84. The number of amides is 1. The van der Waals surface area contributed by atoms with Crippen LogP contribution in [0.3, 0.4) is 0 Å². The molecule has 0 unspecified atom stereocenters. The van der Waals surface area contributed by atoms with Crippen molar-refractivity contribution in [2.24, 2.45) is 0 Å². The van der Waals surface area contributed by atoms with Gasteiger partial charge in [0, 0.05) is 7.05 Å². The van der Waals surface area contributed by atoms with Crippen LogP contribution in [0.25, 0.3) is 16.6 Å². The van der Waals surface area contributed by atoms with Gasteiger partial charge >= 0.3 is 0 Å². The highest BCUT2D eigenvalue weighted by molar-refractivity contribution is 7.99. The summed E-state index contributed by atoms with van der Waals surface area (Å²) in [5.74, 6) is 1.27. The highest BCUT2D eigenvalue weighted by atomic mass is 32.2. The molecule has 31 heavy (non-hydrogen) atoms. The van der Waals surface area contributed by atoms with E-state index in [0.717, 1.165) is 0 Å². The topological polar surface area (TPSA) is 77.6 Å². The van der Waals surface area contributed by atoms with Crippen molar-refractivity contribution in [3.63, 3.8) is 0 Å². The molecule has 4 rings (SSSR count). The van der Waals surface area contributed by atoms with Gasteiger partial charge in [0.05, 0.1) is 42.3 Å². The molecule has 0 atom stereocenters. The molecule has 0 aliphatic carbocycles. The highest BCUT2D eigenvalue weighted by Crippen LogP contribution is 2.27. The summed E-state index contributed by atoms with van der Waals surface area (Å²) in [5.41, 5.74) is 0.943. The number of furan rings is 1. The van der Waals surface area contributed by atoms with Crippen molar-refractivity contribution in [2.75, 3.05) is 19.9 Å². The molecule has 0 spiro atoms. The Morgan fingerprint density at radius 3 is 2.68 bits per heavy atom. The van der Waals surface area contributed by atoms with Gasteiger partial charge in [-0.15, -0.1) is 0 Å². The Hall–Kier alpha value is -3.52. The number of aromatic nitrogens is 2. The SMILES string of the molecule is COc1ccccc1-n1c(SCC(=O)N(C)Cc2ccco2)nc2ccccc2c1=O. The molecule has 0 N–H and O–H groups in total. The minimum absolute atomic E-state index is 0.101. The van der Waals surface area contributed by atoms with E-state index in [1.807, 2.05) is 24.3 Å². The first-order valence-electron chi connectivity index (χ1n) is 9.63. The van der Waals surface area contributed by atoms with Crippen LogP contribution in [0.5, 0.6) is 5.75 Å². The lowest BCUT2D eigenvalue weighted by Gasteiger charge is -2.18. The molecule has 0 fully saturated rings. The molecule has 1 amide bonds. The molecule has 7 nitrogen and oxygen atoms in total. The van der Waals surface area contributed by atoms with E-state index >= 15 is 0 Å². The van der Waals surface area contributed by atoms with E-state index in [-0.39, 0.29) is 17.2 Å². The van der Waals surface area contributed by atoms with Crippen LogP contribution in [0.1, 0.15) is 5.76 Å². The maximum absolute atomic E-state index is 13.4. The first-order valence-corrected chi connectivity index (χ1v) is 10.6. The molecule has 2 aromatic heterocycles. The first kappa shape index (κ1) is 20.7. The van der Waals surface area contributed by atoms with E-state index in [0.29, 0.717) is 39.8 Å². The maximum Gasteiger partial charge on any atom is 0.266 e. The zero-order valence-electron chi connectivity index (χ0n) is 17.1. The van der Waals surface area contributed by atoms with Crippen LogP contribution < -0.4 is 10.3 Å². The summed E-state index contributed by atoms with van der Waals surface area (Å²) in [4.78, 5) is 32.3. The van der Waals surface area contributed by atoms with Crippen LogP contribution >= 0.6 is 11.8 Å². The minimum atomic E-state index is -0.214. The third-order valence-electron chi connectivity index (χ3n) is 4.79. The maximum atomic E-state index is 13.4. The number of para-hydroxylation sites is 3. The van der Waals surface area contributed by atoms with Crippen molar-refractivity contribution < 1.29 is 13.9 Å². The zero-order valence-corrected chi connectivity index (χ0v) is 18.0. The Morgan fingerprint density at radius 1 is 1.13 bits per heavy atom. The van der Waals surface area contributed by atoms with Gasteiger partial charge in [-0.2, -0.15) is 0 Å². The lowest BCUT2D eigenvalue weighted by atomic mass is 10.2. The Bertz CT molecular complexity index is 1270. The third kappa shape index (κ3) is 4.34. The Kier molecular flexibility index (Phi) is 6.08. The molecule has 4 aromatic rings. The second kappa shape index (κ2) is 9.09. The van der Waals surface area contributed by atoms with Crippen LogP contribution in [-0.2, 0) is 11.3 Å². The predicted molar refractivity (Wildman–Crippen MR) is 120 cm³/mol. The molecule has 0 aliphatic heterocycles. The molecule has 0 bridgehead atoms. The van der Waals surface area contributed by atoms with Crippen LogP contribution in [-0.4, -0.2) is 40.3 Å². The third-order valence-corrected chi connectivity index (χ3v) is 5.72. The number of rotatable bonds is 7. The molecule has 0 saturated carbocycles. The number of carbonyl (C=O) groups excluding carboxylic acids is 1. The van der Waals surface area contributed by atoms with E-state index in [2.05, 4.69) is 4.98 Å². The summed E-state index contributed by atoms with van der Waals surface area (Å²) in [7, 11) is 3.27. The molecule has 0 radical (unpaired) electrons. The van der Waals surface area contributed by atoms with Gasteiger partial charge in [0.25, 0.3) is 5.56 Å². The van der Waals surface area contributed by atoms with Gasteiger partial charge in [0.2, 0.25) is 5.91 Å². The van der Waals surface area contributed by atoms with E-state index in [9.17, 15) is 9.59 Å². The average molecular weight is 436 g/mol. The number of methoxy groups -OCH3 is 1. The molecule has 0 saturated heterocycles. The van der Waals surface area contributed by atoms with E-state index in [4.69, 9.17) is 9.15 Å². The van der Waals surface area contributed by atoms with Crippen LogP contribution in [0.2, 0.25) is 0 Å². The smallest absolute Gasteiger partial charge is 0.266 e. The Morgan fingerprint density at radius 2 is 1.90 bits per heavy atom. The lowest BCUT2D eigenvalue weighted by Crippen LogP contribution is -2.28. The van der Waals surface area contributed by atoms with E-state index in [1.165, 1.54) is 16.3 Å². The van der Waals surface area contributed by atoms with Gasteiger partial charge in [-0.05, 0) is 36.4 Å². The summed E-state index contributed by atoms with van der Waals surface area (Å²) < 4.78 is 12.3. The number of ether oxygens (including phenoxy) is 1. The monoisotopic (exact) mass is 435 g/mol. The number of carbonyl (C=O) groups is 1. The summed E-state index contributed by atoms with van der Waals surface area (Å²) >= 11 is 1.21. The largest absolute Gasteiger partial charge is 0.495 e. The number of nitrogens with zero attached hydrogens (tertiary/aromatic N) is 3. The average Bonchev–Trinajstić information content (AvgIpc) is 3.30. The van der Waals surface area contributed by atoms with Gasteiger partial charge < -0.3 is 14.1 Å². The highest BCUT2D eigenvalue weighted by Gasteiger charge is 2.18. The van der Waals surface area contributed by atoms with Crippen molar-refractivity contribution in [2.45, 2.75) is 11.7 Å². The van der Waals surface area contributed by atoms with Crippen molar-refractivity contribution in [3.8, 4) is 11.4 Å². The molecule has 158 valence electrons. The van der Waals surface area contributed by atoms with Gasteiger partial charge in [0.1, 0.15) is 11.5 Å². The summed E-state index contributed by atoms with van der Waals surface area (Å²) in [6, 6.07) is 18.0. The Labute approximate surface area is 183 Å². The molecular formula is C23H21N3O4S. The fourth-order valence-corrected chi connectivity index (χ4v) is 4.14. The fourth-order valence-electron chi connectivity index (χ4n) is 3.20. The molecule has 8 heteroatoms. The summed E-state index contributed by atoms with van der Waals surface area (Å²) in [6.07, 6.45) is 1.58. The lowest BCUT2D eigenvalue weighted by molar-refractivity contribution is -0.127. The number of hydrogen-bond acceptors (Lipinski definition) is 6. The van der Waals surface area contributed by atoms with Gasteiger partial charge in [-0.25, -0.2) is 4.98 Å². The van der Waals surface area contributed by atoms with Crippen molar-refractivity contribution >= 4 is 28.6 Å². The normalized spacial score (nSPS) is 10.9. The van der Waals surface area contributed by atoms with E-state index in [1.54, 1.807) is 61.7 Å². The minimum Gasteiger partial charge on any atom is -0.495 e. The molecular weight excluding hydrogens is 414 g/mol. The van der Waals surface area contributed by atoms with Crippen LogP contribution in [0.15, 0.2) is 81.3 Å². The number of hydrogen-bond donors (Lipinski definition) is 0. The summed E-state index contributed by atoms with van der Waals surface area (Å²) in [5, 5.41) is 0.923. The van der Waals surface area contributed by atoms with Crippen LogP contribution in [0.4, 0.5) is 0 Å². The number of benzene rings is 2. The standard InChI is InChI=1S/C23H21N3O4S/c1-25(14-16-8-7-13-30-16)21(27)15-31-23-24-18-10-4-3-9-17(18)22(28)26(23)19-11-5-6-12-20(19)29-2/h3-13H,14-15H2,1-2H3. The van der Waals surface area contributed by atoms with Gasteiger partial charge in [0.15, 0.2) is 5.16 Å². The van der Waals surface area contributed by atoms with Crippen molar-refractivity contribution in [1.82, 2.24) is 14.5 Å². The molecule has 2 aromatic carbocycles. The molecule has 2 heterocycles. The number of fused-ring (bicyclic) bond motifs is 1. The molecule has 0 aliphatic rings. The van der Waals surface area contributed by atoms with Crippen molar-refractivity contribution in [3.05, 3.63) is 83.0 Å². The summed E-state index contributed by atoms with van der Waals surface area (Å²) in [6.45, 7) is 0.372. The first-order chi connectivity index (χ1) is 15.1. The fraction of sp³-hybridized carbons (Fsp3) is 0.174. The van der Waals surface area contributed by atoms with Gasteiger partial charge in [-0.1, -0.05) is 36.0 Å². The second-order valence-corrected chi connectivity index (χ2v) is 7.78. The van der Waals surface area contributed by atoms with Gasteiger partial charge in [-0.3, -0.25) is 14.2 Å². The van der Waals surface area contributed by atoms with Crippen LogP contribution in [0, 0.1) is 0 Å². The quantitative estimate of drug-likeness (QED) is 0.325. The van der Waals surface area contributed by atoms with Crippen molar-refractivity contribution in [1.29, 1.82) is 0 Å².